The molecular formula is C30H33N3O5. The average Bonchev–Trinajstić information content (AvgIpc) is 2.91. The lowest BCUT2D eigenvalue weighted by Gasteiger charge is -2.30. The van der Waals surface area contributed by atoms with E-state index in [-0.39, 0.29) is 0 Å². The van der Waals surface area contributed by atoms with Gasteiger partial charge in [0.05, 0.1) is 31.5 Å². The van der Waals surface area contributed by atoms with E-state index < -0.39 is 12.1 Å². The number of nitrogens with zero attached hydrogens (tertiary/aromatic N) is 3. The topological polar surface area (TPSA) is 84.4 Å². The van der Waals surface area contributed by atoms with Crippen molar-refractivity contribution >= 4 is 28.4 Å². The summed E-state index contributed by atoms with van der Waals surface area (Å²) in [5, 5.41) is 11.0. The van der Waals surface area contributed by atoms with E-state index in [0.717, 1.165) is 27.8 Å². The second kappa shape index (κ2) is 10.9. The fourth-order valence-corrected chi connectivity index (χ4v) is 4.50. The summed E-state index contributed by atoms with van der Waals surface area (Å²) in [6.07, 6.45) is 0.653. The molecule has 8 nitrogen and oxygen atoms in total. The van der Waals surface area contributed by atoms with Gasteiger partial charge in [-0.25, -0.2) is 4.79 Å². The molecule has 0 aliphatic carbocycles. The summed E-state index contributed by atoms with van der Waals surface area (Å²) in [5.74, 6) is 2.39. The second-order valence-electron chi connectivity index (χ2n) is 9.29. The van der Waals surface area contributed by atoms with Crippen LogP contribution in [0.15, 0.2) is 60.8 Å². The molecule has 4 aromatic rings. The molecule has 0 saturated heterocycles. The van der Waals surface area contributed by atoms with Crippen molar-refractivity contribution in [3.8, 4) is 23.0 Å². The summed E-state index contributed by atoms with van der Waals surface area (Å²) in [6, 6.07) is 16.5. The van der Waals surface area contributed by atoms with E-state index in [1.54, 1.807) is 38.6 Å². The molecule has 0 radical (unpaired) electrons. The average molecular weight is 516 g/mol. The van der Waals surface area contributed by atoms with E-state index in [4.69, 9.17) is 14.2 Å². The third kappa shape index (κ3) is 5.02. The maximum absolute atomic E-state index is 12.5. The highest BCUT2D eigenvalue weighted by Crippen LogP contribution is 2.40. The highest BCUT2D eigenvalue weighted by Gasteiger charge is 2.26. The monoisotopic (exact) mass is 515 g/mol. The molecule has 3 aromatic carbocycles. The van der Waals surface area contributed by atoms with E-state index in [0.29, 0.717) is 34.2 Å². The Hall–Kier alpha value is -4.46. The smallest absolute Gasteiger partial charge is 0.412 e. The number of anilines is 2. The van der Waals surface area contributed by atoms with E-state index in [2.05, 4.69) is 4.98 Å². The van der Waals surface area contributed by atoms with E-state index in [1.807, 2.05) is 76.2 Å². The van der Waals surface area contributed by atoms with Crippen LogP contribution < -0.4 is 24.0 Å². The molecule has 0 aliphatic rings. The van der Waals surface area contributed by atoms with Gasteiger partial charge in [0.15, 0.2) is 11.5 Å². The van der Waals surface area contributed by atoms with Crippen LogP contribution in [0.4, 0.5) is 16.2 Å². The lowest BCUT2D eigenvalue weighted by atomic mass is 10.0. The van der Waals surface area contributed by atoms with Crippen LogP contribution in [-0.4, -0.2) is 44.5 Å². The van der Waals surface area contributed by atoms with Crippen LogP contribution in [0.3, 0.4) is 0 Å². The zero-order chi connectivity index (χ0) is 27.6. The third-order valence-corrected chi connectivity index (χ3v) is 6.86. The van der Waals surface area contributed by atoms with Crippen LogP contribution >= 0.6 is 0 Å². The minimum absolute atomic E-state index is 0.399. The van der Waals surface area contributed by atoms with Crippen LogP contribution in [0.1, 0.15) is 29.7 Å². The van der Waals surface area contributed by atoms with E-state index in [9.17, 15) is 9.90 Å². The van der Waals surface area contributed by atoms with Crippen molar-refractivity contribution in [1.82, 2.24) is 4.98 Å². The summed E-state index contributed by atoms with van der Waals surface area (Å²) in [4.78, 5) is 20.3. The van der Waals surface area contributed by atoms with Crippen LogP contribution in [0.5, 0.6) is 23.0 Å². The van der Waals surface area contributed by atoms with Gasteiger partial charge < -0.3 is 24.2 Å². The standard InChI is InChI=1S/C30H33N3O5/c1-18-19(2)26(38-27-13-14-31-24-17-29(37-7)28(36-6)16-23(24)27)12-11-25(18)33(30(34)35)20(3)21-9-8-10-22(15-21)32(4)5/h8-17,20H,1-7H3,(H,34,35). The highest BCUT2D eigenvalue weighted by atomic mass is 16.5. The number of rotatable bonds is 8. The summed E-state index contributed by atoms with van der Waals surface area (Å²) >= 11 is 0. The van der Waals surface area contributed by atoms with E-state index >= 15 is 0 Å². The fourth-order valence-electron chi connectivity index (χ4n) is 4.50. The molecule has 8 heteroatoms. The molecule has 1 amide bonds. The maximum atomic E-state index is 12.5. The molecule has 0 saturated carbocycles. The van der Waals surface area contributed by atoms with Gasteiger partial charge in [0.2, 0.25) is 0 Å². The molecule has 198 valence electrons. The largest absolute Gasteiger partial charge is 0.493 e. The lowest BCUT2D eigenvalue weighted by Crippen LogP contribution is -2.33. The Morgan fingerprint density at radius 1 is 0.895 bits per heavy atom. The minimum atomic E-state index is -1.02. The number of carboxylic acid groups (broad SMARTS) is 1. The summed E-state index contributed by atoms with van der Waals surface area (Å²) in [6.45, 7) is 5.74. The van der Waals surface area contributed by atoms with Gasteiger partial charge in [0, 0.05) is 37.4 Å². The van der Waals surface area contributed by atoms with Gasteiger partial charge >= 0.3 is 6.09 Å². The third-order valence-electron chi connectivity index (χ3n) is 6.86. The molecule has 0 bridgehead atoms. The molecular weight excluding hydrogens is 482 g/mol. The van der Waals surface area contributed by atoms with Gasteiger partial charge in [0.25, 0.3) is 0 Å². The molecule has 0 fully saturated rings. The number of pyridine rings is 1. The van der Waals surface area contributed by atoms with Crippen LogP contribution in [-0.2, 0) is 0 Å². The maximum Gasteiger partial charge on any atom is 0.412 e. The normalized spacial score (nSPS) is 11.7. The number of ether oxygens (including phenoxy) is 3. The van der Waals surface area contributed by atoms with Crippen molar-refractivity contribution in [3.63, 3.8) is 0 Å². The number of methoxy groups -OCH3 is 2. The number of benzene rings is 3. The quantitative estimate of drug-likeness (QED) is 0.271. The van der Waals surface area contributed by atoms with Crippen molar-refractivity contribution in [3.05, 3.63) is 77.5 Å². The molecule has 38 heavy (non-hydrogen) atoms. The van der Waals surface area contributed by atoms with Gasteiger partial charge in [-0.15, -0.1) is 0 Å². The molecule has 0 aliphatic heterocycles. The Morgan fingerprint density at radius 2 is 1.61 bits per heavy atom. The van der Waals surface area contributed by atoms with Crippen molar-refractivity contribution in [2.24, 2.45) is 0 Å². The van der Waals surface area contributed by atoms with Gasteiger partial charge in [-0.1, -0.05) is 12.1 Å². The molecule has 4 rings (SSSR count). The highest BCUT2D eigenvalue weighted by molar-refractivity contribution is 5.90. The van der Waals surface area contributed by atoms with Gasteiger partial charge in [-0.2, -0.15) is 0 Å². The van der Waals surface area contributed by atoms with Crippen molar-refractivity contribution < 1.29 is 24.1 Å². The number of aromatic nitrogens is 1. The number of hydrogen-bond acceptors (Lipinski definition) is 6. The Morgan fingerprint density at radius 3 is 2.26 bits per heavy atom. The number of fused-ring (bicyclic) bond motifs is 1. The number of amides is 1. The molecule has 1 unspecified atom stereocenters. The van der Waals surface area contributed by atoms with E-state index in [1.165, 1.54) is 4.90 Å². The SMILES string of the molecule is COc1cc2nccc(Oc3ccc(N(C(=O)O)C(C)c4cccc(N(C)C)c4)c(C)c3C)c2cc1OC. The molecule has 1 aromatic heterocycles. The van der Waals surface area contributed by atoms with Gasteiger partial charge in [0.1, 0.15) is 11.5 Å². The molecule has 1 heterocycles. The minimum Gasteiger partial charge on any atom is -0.493 e. The van der Waals surface area contributed by atoms with Crippen LogP contribution in [0.2, 0.25) is 0 Å². The predicted octanol–water partition coefficient (Wildman–Crippen LogP) is 6.97. The van der Waals surface area contributed by atoms with Crippen molar-refractivity contribution in [1.29, 1.82) is 0 Å². The number of carbonyl (C=O) groups is 1. The molecule has 1 N–H and O–H groups in total. The Labute approximate surface area is 223 Å². The van der Waals surface area contributed by atoms with Gasteiger partial charge in [-0.05, 0) is 73.9 Å². The summed E-state index contributed by atoms with van der Waals surface area (Å²) in [5.41, 5.74) is 4.89. The van der Waals surface area contributed by atoms with Crippen molar-refractivity contribution in [2.75, 3.05) is 38.1 Å². The Bertz CT molecular complexity index is 1480. The zero-order valence-corrected chi connectivity index (χ0v) is 22.8. The van der Waals surface area contributed by atoms with Crippen LogP contribution in [0, 0.1) is 13.8 Å². The summed E-state index contributed by atoms with van der Waals surface area (Å²) in [7, 11) is 7.09. The molecule has 1 atom stereocenters. The van der Waals surface area contributed by atoms with Crippen molar-refractivity contribution in [2.45, 2.75) is 26.8 Å². The fraction of sp³-hybridized carbons (Fsp3) is 0.267. The van der Waals surface area contributed by atoms with Gasteiger partial charge in [-0.3, -0.25) is 9.88 Å². The Balaban J connectivity index is 1.72. The number of hydrogen-bond donors (Lipinski definition) is 1. The zero-order valence-electron chi connectivity index (χ0n) is 22.8. The lowest BCUT2D eigenvalue weighted by molar-refractivity contribution is 0.199. The first-order valence-corrected chi connectivity index (χ1v) is 12.2. The first-order chi connectivity index (χ1) is 18.2. The second-order valence-corrected chi connectivity index (χ2v) is 9.29. The predicted molar refractivity (Wildman–Crippen MR) is 151 cm³/mol. The van der Waals surface area contributed by atoms with Crippen LogP contribution in [0.25, 0.3) is 10.9 Å². The summed E-state index contributed by atoms with van der Waals surface area (Å²) < 4.78 is 17.2. The Kier molecular flexibility index (Phi) is 7.62. The first-order valence-electron chi connectivity index (χ1n) is 12.2. The first kappa shape index (κ1) is 26.6. The molecule has 0 spiro atoms.